The summed E-state index contributed by atoms with van der Waals surface area (Å²) < 4.78 is 24.9. The van der Waals surface area contributed by atoms with Gasteiger partial charge in [0, 0.05) is 28.0 Å². The van der Waals surface area contributed by atoms with E-state index < -0.39 is 17.3 Å². The molecule has 3 fully saturated rings. The Hall–Kier alpha value is -2.15. The van der Waals surface area contributed by atoms with E-state index in [0.717, 1.165) is 30.4 Å². The Bertz CT molecular complexity index is 1140. The lowest BCUT2D eigenvalue weighted by Crippen LogP contribution is -2.71. The van der Waals surface area contributed by atoms with Crippen molar-refractivity contribution >= 4 is 5.78 Å². The van der Waals surface area contributed by atoms with Crippen molar-refractivity contribution in [2.24, 2.45) is 17.3 Å². The van der Waals surface area contributed by atoms with E-state index in [0.29, 0.717) is 29.8 Å². The fraction of sp³-hybridized carbons (Fsp3) is 0.607. The SMILES string of the molecule is COc1oc(C(=O)c2ccccc2)c2c1CCC1(C)C2COC2(C)C(O)C(C(C)C)CC3OC312. The lowest BCUT2D eigenvalue weighted by Gasteiger charge is -2.60. The second kappa shape index (κ2) is 7.19. The number of methoxy groups -OCH3 is 1. The van der Waals surface area contributed by atoms with Crippen LogP contribution in [0.1, 0.15) is 73.7 Å². The van der Waals surface area contributed by atoms with Crippen molar-refractivity contribution in [1.82, 2.24) is 0 Å². The molecule has 4 aliphatic rings. The molecule has 7 atom stereocenters. The molecule has 1 aromatic heterocycles. The zero-order chi connectivity index (χ0) is 24.0. The fourth-order valence-corrected chi connectivity index (χ4v) is 7.71. The number of ketones is 1. The topological polar surface area (TPSA) is 81.4 Å². The van der Waals surface area contributed by atoms with E-state index >= 15 is 0 Å². The molecule has 0 amide bonds. The molecule has 7 unspecified atom stereocenters. The molecule has 1 N–H and O–H groups in total. The highest BCUT2D eigenvalue weighted by molar-refractivity contribution is 6.08. The van der Waals surface area contributed by atoms with Crippen LogP contribution in [0.15, 0.2) is 34.7 Å². The van der Waals surface area contributed by atoms with E-state index in [1.54, 1.807) is 7.11 Å². The van der Waals surface area contributed by atoms with Crippen LogP contribution in [-0.4, -0.2) is 48.0 Å². The van der Waals surface area contributed by atoms with Crippen LogP contribution in [0.3, 0.4) is 0 Å². The largest absolute Gasteiger partial charge is 0.468 e. The normalized spacial score (nSPS) is 40.1. The molecule has 3 heterocycles. The van der Waals surface area contributed by atoms with Gasteiger partial charge in [-0.2, -0.15) is 0 Å². The van der Waals surface area contributed by atoms with Crippen molar-refractivity contribution in [2.75, 3.05) is 13.7 Å². The molecule has 34 heavy (non-hydrogen) atoms. The van der Waals surface area contributed by atoms with Crippen molar-refractivity contribution < 1.29 is 28.5 Å². The molecule has 6 heteroatoms. The smallest absolute Gasteiger partial charge is 0.288 e. The second-order valence-corrected chi connectivity index (χ2v) is 11.3. The molecule has 1 saturated carbocycles. The molecule has 2 aromatic rings. The summed E-state index contributed by atoms with van der Waals surface area (Å²) in [6.07, 6.45) is 1.86. The molecule has 6 nitrogen and oxygen atoms in total. The van der Waals surface area contributed by atoms with Gasteiger partial charge in [-0.3, -0.25) is 4.79 Å². The van der Waals surface area contributed by atoms with Gasteiger partial charge in [-0.15, -0.1) is 0 Å². The van der Waals surface area contributed by atoms with Crippen molar-refractivity contribution in [3.8, 4) is 5.95 Å². The first-order valence-corrected chi connectivity index (χ1v) is 12.5. The maximum absolute atomic E-state index is 13.6. The number of epoxide rings is 1. The van der Waals surface area contributed by atoms with E-state index in [2.05, 4.69) is 20.8 Å². The summed E-state index contributed by atoms with van der Waals surface area (Å²) >= 11 is 0. The Kier molecular flexibility index (Phi) is 4.72. The summed E-state index contributed by atoms with van der Waals surface area (Å²) in [6, 6.07) is 9.22. The van der Waals surface area contributed by atoms with Crippen molar-refractivity contribution in [1.29, 1.82) is 0 Å². The predicted molar refractivity (Wildman–Crippen MR) is 125 cm³/mol. The third-order valence-electron chi connectivity index (χ3n) is 9.62. The van der Waals surface area contributed by atoms with E-state index in [1.807, 2.05) is 37.3 Å². The number of furan rings is 1. The van der Waals surface area contributed by atoms with Crippen molar-refractivity contribution in [3.63, 3.8) is 0 Å². The van der Waals surface area contributed by atoms with E-state index in [4.69, 9.17) is 18.6 Å². The third-order valence-corrected chi connectivity index (χ3v) is 9.62. The number of ether oxygens (including phenoxy) is 3. The summed E-state index contributed by atoms with van der Waals surface area (Å²) in [4.78, 5) is 13.6. The number of rotatable bonds is 4. The molecule has 182 valence electrons. The molecule has 6 rings (SSSR count). The number of benzene rings is 1. The fourth-order valence-electron chi connectivity index (χ4n) is 7.71. The number of fused-ring (bicyclic) bond motifs is 3. The van der Waals surface area contributed by atoms with Gasteiger partial charge < -0.3 is 23.7 Å². The molecule has 0 radical (unpaired) electrons. The lowest BCUT2D eigenvalue weighted by atomic mass is 9.49. The minimum atomic E-state index is -0.787. The Balaban J connectivity index is 1.46. The zero-order valence-electron chi connectivity index (χ0n) is 20.6. The zero-order valence-corrected chi connectivity index (χ0v) is 20.6. The maximum Gasteiger partial charge on any atom is 0.288 e. The van der Waals surface area contributed by atoms with Gasteiger partial charge in [0.05, 0.1) is 25.9 Å². The van der Waals surface area contributed by atoms with Gasteiger partial charge in [0.25, 0.3) is 5.95 Å². The number of hydrogen-bond donors (Lipinski definition) is 1. The number of aliphatic hydroxyl groups excluding tert-OH is 1. The average molecular weight is 467 g/mol. The highest BCUT2D eigenvalue weighted by Crippen LogP contribution is 2.73. The van der Waals surface area contributed by atoms with Crippen LogP contribution >= 0.6 is 0 Å². The van der Waals surface area contributed by atoms with E-state index in [-0.39, 0.29) is 29.1 Å². The highest BCUT2D eigenvalue weighted by Gasteiger charge is 2.83. The Morgan fingerprint density at radius 2 is 1.94 bits per heavy atom. The van der Waals surface area contributed by atoms with Crippen LogP contribution in [0.2, 0.25) is 0 Å². The van der Waals surface area contributed by atoms with Gasteiger partial charge in [0.1, 0.15) is 11.2 Å². The lowest BCUT2D eigenvalue weighted by molar-refractivity contribution is -0.248. The van der Waals surface area contributed by atoms with Crippen LogP contribution in [0.4, 0.5) is 0 Å². The molecular formula is C28H34O6. The molecule has 1 spiro atoms. The molecule has 2 saturated heterocycles. The van der Waals surface area contributed by atoms with Gasteiger partial charge in [-0.1, -0.05) is 51.1 Å². The van der Waals surface area contributed by atoms with Crippen molar-refractivity contribution in [3.05, 3.63) is 52.8 Å². The van der Waals surface area contributed by atoms with Gasteiger partial charge in [-0.05, 0) is 38.0 Å². The second-order valence-electron chi connectivity index (χ2n) is 11.3. The number of aliphatic hydroxyl groups is 1. The summed E-state index contributed by atoms with van der Waals surface area (Å²) in [5.74, 6) is 0.994. The summed E-state index contributed by atoms with van der Waals surface area (Å²) in [6.45, 7) is 9.02. The standard InChI is InChI=1S/C28H34O6/c1-15(2)18-13-20-28(34-20)26(3)12-11-17-21(19(26)14-32-27(28,4)24(18)30)23(33-25(17)31-5)22(29)16-9-7-6-8-10-16/h6-10,15,18-20,24,30H,11-14H2,1-5H3. The quantitative estimate of drug-likeness (QED) is 0.527. The molecule has 2 aliphatic heterocycles. The third kappa shape index (κ3) is 2.54. The summed E-state index contributed by atoms with van der Waals surface area (Å²) in [5, 5.41) is 11.5. The first kappa shape index (κ1) is 22.3. The first-order valence-electron chi connectivity index (χ1n) is 12.5. The van der Waals surface area contributed by atoms with Crippen LogP contribution in [0.5, 0.6) is 5.95 Å². The molecule has 2 aliphatic carbocycles. The van der Waals surface area contributed by atoms with Gasteiger partial charge in [0.2, 0.25) is 5.78 Å². The number of carbonyl (C=O) groups excluding carboxylic acids is 1. The molecule has 0 bridgehead atoms. The van der Waals surface area contributed by atoms with E-state index in [1.165, 1.54) is 0 Å². The highest BCUT2D eigenvalue weighted by atomic mass is 16.7. The molecular weight excluding hydrogens is 432 g/mol. The Labute approximate surface area is 200 Å². The number of hydrogen-bond acceptors (Lipinski definition) is 6. The Morgan fingerprint density at radius 1 is 1.21 bits per heavy atom. The first-order chi connectivity index (χ1) is 16.2. The average Bonchev–Trinajstić information content (AvgIpc) is 3.47. The summed E-state index contributed by atoms with van der Waals surface area (Å²) in [5.41, 5.74) is 0.768. The van der Waals surface area contributed by atoms with Gasteiger partial charge >= 0.3 is 0 Å². The predicted octanol–water partition coefficient (Wildman–Crippen LogP) is 4.52. The van der Waals surface area contributed by atoms with Crippen LogP contribution < -0.4 is 4.74 Å². The number of carbonyl (C=O) groups is 1. The monoisotopic (exact) mass is 466 g/mol. The van der Waals surface area contributed by atoms with Gasteiger partial charge in [0.15, 0.2) is 5.76 Å². The van der Waals surface area contributed by atoms with Crippen LogP contribution in [0.25, 0.3) is 0 Å². The minimum Gasteiger partial charge on any atom is -0.468 e. The molecule has 1 aromatic carbocycles. The van der Waals surface area contributed by atoms with Crippen LogP contribution in [0, 0.1) is 17.3 Å². The maximum atomic E-state index is 13.6. The Morgan fingerprint density at radius 3 is 2.62 bits per heavy atom. The van der Waals surface area contributed by atoms with Gasteiger partial charge in [-0.25, -0.2) is 0 Å². The summed E-state index contributed by atoms with van der Waals surface area (Å²) in [7, 11) is 1.58. The van der Waals surface area contributed by atoms with E-state index in [9.17, 15) is 9.90 Å². The van der Waals surface area contributed by atoms with Crippen molar-refractivity contribution in [2.45, 2.75) is 76.3 Å². The minimum absolute atomic E-state index is 0.0460. The van der Waals surface area contributed by atoms with Crippen LogP contribution in [-0.2, 0) is 15.9 Å².